The quantitative estimate of drug-likeness (QED) is 0.690. The summed E-state index contributed by atoms with van der Waals surface area (Å²) in [7, 11) is 0. The van der Waals surface area contributed by atoms with Crippen LogP contribution in [-0.2, 0) is 16.0 Å². The minimum Gasteiger partial charge on any atom is -0.490 e. The molecule has 1 saturated heterocycles. The van der Waals surface area contributed by atoms with Gasteiger partial charge in [0.15, 0.2) is 0 Å². The molecule has 0 bridgehead atoms. The van der Waals surface area contributed by atoms with Crippen LogP contribution in [0.3, 0.4) is 0 Å². The van der Waals surface area contributed by atoms with Gasteiger partial charge < -0.3 is 15.4 Å². The Kier molecular flexibility index (Phi) is 7.65. The van der Waals surface area contributed by atoms with Gasteiger partial charge in [-0.25, -0.2) is 0 Å². The van der Waals surface area contributed by atoms with E-state index in [2.05, 4.69) is 43.6 Å². The van der Waals surface area contributed by atoms with Gasteiger partial charge in [0.25, 0.3) is 0 Å². The van der Waals surface area contributed by atoms with Crippen molar-refractivity contribution in [2.75, 3.05) is 6.61 Å². The van der Waals surface area contributed by atoms with Crippen molar-refractivity contribution < 1.29 is 14.3 Å². The number of amides is 2. The molecule has 1 aliphatic heterocycles. The van der Waals surface area contributed by atoms with Crippen LogP contribution in [-0.4, -0.2) is 30.5 Å². The Morgan fingerprint density at radius 3 is 2.41 bits per heavy atom. The summed E-state index contributed by atoms with van der Waals surface area (Å²) >= 11 is 0. The van der Waals surface area contributed by atoms with E-state index in [0.717, 1.165) is 24.2 Å². The standard InChI is InChI=1S/C22H30N2O3/c1-15(2)6-5-7-16(3)12-13-27-19-10-8-18(9-11-19)14-20-22(26)23-17(4)21(25)24-20/h6,8-12,17,20H,5,7,13-14H2,1-4H3,(H,23,26)(H,24,25)/b16-12+/t17-,20-/m0/s1. The molecule has 2 amide bonds. The monoisotopic (exact) mass is 370 g/mol. The largest absolute Gasteiger partial charge is 0.490 e. The number of piperazine rings is 1. The van der Waals surface area contributed by atoms with Crippen molar-refractivity contribution in [2.45, 2.75) is 59.0 Å². The first-order chi connectivity index (χ1) is 12.8. The SMILES string of the molecule is CC(C)=CCC/C(C)=C/COc1ccc(C[C@@H]2NC(=O)[C@H](C)NC2=O)cc1. The third kappa shape index (κ3) is 6.93. The number of allylic oxidation sites excluding steroid dienone is 3. The fraction of sp³-hybridized carbons (Fsp3) is 0.455. The molecule has 2 rings (SSSR count). The van der Waals surface area contributed by atoms with Crippen LogP contribution in [0.15, 0.2) is 47.6 Å². The first kappa shape index (κ1) is 20.7. The van der Waals surface area contributed by atoms with Gasteiger partial charge in [0.2, 0.25) is 11.8 Å². The number of benzene rings is 1. The molecule has 27 heavy (non-hydrogen) atoms. The molecular formula is C22H30N2O3. The number of nitrogens with one attached hydrogen (secondary N) is 2. The molecular weight excluding hydrogens is 340 g/mol. The molecule has 0 aliphatic carbocycles. The lowest BCUT2D eigenvalue weighted by Crippen LogP contribution is -2.61. The van der Waals surface area contributed by atoms with Gasteiger partial charge in [0.05, 0.1) is 0 Å². The third-order valence-electron chi connectivity index (χ3n) is 4.52. The predicted octanol–water partition coefficient (Wildman–Crippen LogP) is 3.30. The average Bonchev–Trinajstić information content (AvgIpc) is 2.61. The smallest absolute Gasteiger partial charge is 0.243 e. The first-order valence-electron chi connectivity index (χ1n) is 9.46. The van der Waals surface area contributed by atoms with Gasteiger partial charge in [0.1, 0.15) is 24.4 Å². The summed E-state index contributed by atoms with van der Waals surface area (Å²) in [5.74, 6) is 0.500. The minimum absolute atomic E-state index is 0.142. The molecule has 2 N–H and O–H groups in total. The highest BCUT2D eigenvalue weighted by atomic mass is 16.5. The molecule has 0 unspecified atom stereocenters. The summed E-state index contributed by atoms with van der Waals surface area (Å²) in [5, 5.41) is 5.44. The first-order valence-corrected chi connectivity index (χ1v) is 9.46. The van der Waals surface area contributed by atoms with Gasteiger partial charge in [-0.1, -0.05) is 29.4 Å². The maximum Gasteiger partial charge on any atom is 0.243 e. The second-order valence-corrected chi connectivity index (χ2v) is 7.32. The van der Waals surface area contributed by atoms with Crippen molar-refractivity contribution >= 4 is 11.8 Å². The molecule has 0 radical (unpaired) electrons. The highest BCUT2D eigenvalue weighted by molar-refractivity contribution is 5.96. The summed E-state index contributed by atoms with van der Waals surface area (Å²) in [4.78, 5) is 23.7. The van der Waals surface area contributed by atoms with Crippen LogP contribution in [0.5, 0.6) is 5.75 Å². The number of hydrogen-bond donors (Lipinski definition) is 2. The van der Waals surface area contributed by atoms with Gasteiger partial charge in [-0.3, -0.25) is 9.59 Å². The van der Waals surface area contributed by atoms with E-state index in [1.54, 1.807) is 6.92 Å². The lowest BCUT2D eigenvalue weighted by molar-refractivity contribution is -0.136. The van der Waals surface area contributed by atoms with Crippen LogP contribution in [0.4, 0.5) is 0 Å². The van der Waals surface area contributed by atoms with Crippen molar-refractivity contribution in [2.24, 2.45) is 0 Å². The summed E-state index contributed by atoms with van der Waals surface area (Å²) < 4.78 is 5.76. The van der Waals surface area contributed by atoms with E-state index in [4.69, 9.17) is 4.74 Å². The zero-order valence-electron chi connectivity index (χ0n) is 16.7. The molecule has 1 aromatic rings. The van der Waals surface area contributed by atoms with E-state index in [1.807, 2.05) is 24.3 Å². The second kappa shape index (κ2) is 9.95. The highest BCUT2D eigenvalue weighted by Gasteiger charge is 2.30. The number of carbonyl (C=O) groups is 2. The van der Waals surface area contributed by atoms with E-state index in [0.29, 0.717) is 13.0 Å². The van der Waals surface area contributed by atoms with Crippen LogP contribution in [0.2, 0.25) is 0 Å². The third-order valence-corrected chi connectivity index (χ3v) is 4.52. The maximum atomic E-state index is 12.0. The predicted molar refractivity (Wildman–Crippen MR) is 108 cm³/mol. The molecule has 0 aromatic heterocycles. The van der Waals surface area contributed by atoms with Gasteiger partial charge in [-0.15, -0.1) is 0 Å². The molecule has 146 valence electrons. The van der Waals surface area contributed by atoms with E-state index < -0.39 is 12.1 Å². The molecule has 1 aliphatic rings. The Morgan fingerprint density at radius 2 is 1.74 bits per heavy atom. The van der Waals surface area contributed by atoms with Crippen molar-refractivity contribution in [3.8, 4) is 5.75 Å². The fourth-order valence-electron chi connectivity index (χ4n) is 2.81. The van der Waals surface area contributed by atoms with E-state index in [-0.39, 0.29) is 11.8 Å². The number of hydrogen-bond acceptors (Lipinski definition) is 3. The number of carbonyl (C=O) groups excluding carboxylic acids is 2. The average molecular weight is 370 g/mol. The molecule has 2 atom stereocenters. The Bertz CT molecular complexity index is 716. The van der Waals surface area contributed by atoms with E-state index in [1.165, 1.54) is 11.1 Å². The molecule has 1 fully saturated rings. The molecule has 5 nitrogen and oxygen atoms in total. The molecule has 5 heteroatoms. The summed E-state index contributed by atoms with van der Waals surface area (Å²) in [6.07, 6.45) is 6.92. The van der Waals surface area contributed by atoms with Crippen LogP contribution in [0.25, 0.3) is 0 Å². The molecule has 1 aromatic carbocycles. The van der Waals surface area contributed by atoms with Crippen molar-refractivity contribution in [3.05, 3.63) is 53.1 Å². The summed E-state index contributed by atoms with van der Waals surface area (Å²) in [6.45, 7) is 8.56. The minimum atomic E-state index is -0.521. The van der Waals surface area contributed by atoms with Crippen LogP contribution >= 0.6 is 0 Å². The van der Waals surface area contributed by atoms with Crippen molar-refractivity contribution in [1.29, 1.82) is 0 Å². The van der Waals surface area contributed by atoms with Crippen LogP contribution in [0, 0.1) is 0 Å². The second-order valence-electron chi connectivity index (χ2n) is 7.32. The normalized spacial score (nSPS) is 19.9. The van der Waals surface area contributed by atoms with Gasteiger partial charge in [0, 0.05) is 6.42 Å². The van der Waals surface area contributed by atoms with E-state index in [9.17, 15) is 9.59 Å². The molecule has 0 saturated carbocycles. The lowest BCUT2D eigenvalue weighted by atomic mass is 10.0. The highest BCUT2D eigenvalue weighted by Crippen LogP contribution is 2.15. The van der Waals surface area contributed by atoms with Crippen molar-refractivity contribution in [1.82, 2.24) is 10.6 Å². The molecule has 0 spiro atoms. The maximum absolute atomic E-state index is 12.0. The Morgan fingerprint density at radius 1 is 1.04 bits per heavy atom. The summed E-state index contributed by atoms with van der Waals surface area (Å²) in [5.41, 5.74) is 3.64. The Balaban J connectivity index is 1.80. The zero-order chi connectivity index (χ0) is 19.8. The number of rotatable bonds is 8. The zero-order valence-corrected chi connectivity index (χ0v) is 16.7. The number of ether oxygens (including phenoxy) is 1. The van der Waals surface area contributed by atoms with E-state index >= 15 is 0 Å². The Labute approximate surface area is 161 Å². The van der Waals surface area contributed by atoms with Crippen LogP contribution in [0.1, 0.15) is 46.1 Å². The topological polar surface area (TPSA) is 67.4 Å². The lowest BCUT2D eigenvalue weighted by Gasteiger charge is -2.27. The summed E-state index contributed by atoms with van der Waals surface area (Å²) in [6, 6.07) is 6.66. The fourth-order valence-corrected chi connectivity index (χ4v) is 2.81. The molecule has 1 heterocycles. The van der Waals surface area contributed by atoms with Crippen molar-refractivity contribution in [3.63, 3.8) is 0 Å². The van der Waals surface area contributed by atoms with Crippen LogP contribution < -0.4 is 15.4 Å². The van der Waals surface area contributed by atoms with Gasteiger partial charge in [-0.05, 0) is 64.3 Å². The Hall–Kier alpha value is -2.56. The van der Waals surface area contributed by atoms with Gasteiger partial charge >= 0.3 is 0 Å². The van der Waals surface area contributed by atoms with Gasteiger partial charge in [-0.2, -0.15) is 0 Å².